The molecule has 2 heterocycles. The second kappa shape index (κ2) is 6.97. The van der Waals surface area contributed by atoms with E-state index in [1.54, 1.807) is 4.90 Å². The van der Waals surface area contributed by atoms with E-state index in [4.69, 9.17) is 5.73 Å². The number of piperidine rings is 1. The number of aryl methyl sites for hydroxylation is 1. The fraction of sp³-hybridized carbons (Fsp3) is 0.375. The van der Waals surface area contributed by atoms with Crippen molar-refractivity contribution in [1.82, 2.24) is 4.90 Å². The molecule has 30 heavy (non-hydrogen) atoms. The number of Topliss-reactive ketones (excluding diaryl/α,β-unsaturated/α-hetero) is 1. The first-order valence-electron chi connectivity index (χ1n) is 10.6. The Morgan fingerprint density at radius 1 is 0.967 bits per heavy atom. The molecule has 2 N–H and O–H groups in total. The number of rotatable bonds is 1. The number of nitrogens with two attached hydrogens (primary N) is 1. The number of anilines is 1. The van der Waals surface area contributed by atoms with E-state index in [9.17, 15) is 14.4 Å². The number of ketones is 1. The molecule has 1 fully saturated rings. The van der Waals surface area contributed by atoms with Crippen LogP contribution in [0.3, 0.4) is 0 Å². The van der Waals surface area contributed by atoms with Crippen molar-refractivity contribution in [1.29, 1.82) is 0 Å². The lowest BCUT2D eigenvalue weighted by atomic mass is 9.73. The molecule has 2 aliphatic heterocycles. The summed E-state index contributed by atoms with van der Waals surface area (Å²) in [6.07, 6.45) is 3.92. The molecule has 3 aliphatic rings. The van der Waals surface area contributed by atoms with Crippen LogP contribution in [0, 0.1) is 0 Å². The highest BCUT2D eigenvalue weighted by Crippen LogP contribution is 2.46. The zero-order chi connectivity index (χ0) is 20.9. The number of primary amides is 1. The van der Waals surface area contributed by atoms with Crippen molar-refractivity contribution in [3.63, 3.8) is 0 Å². The number of fused-ring (bicyclic) bond motifs is 3. The molecule has 3 amide bonds. The summed E-state index contributed by atoms with van der Waals surface area (Å²) in [4.78, 5) is 41.0. The molecule has 1 saturated heterocycles. The van der Waals surface area contributed by atoms with Gasteiger partial charge in [-0.3, -0.25) is 9.59 Å². The average molecular weight is 403 g/mol. The first-order chi connectivity index (χ1) is 14.5. The molecule has 0 aromatic heterocycles. The summed E-state index contributed by atoms with van der Waals surface area (Å²) in [5, 5.41) is 0. The van der Waals surface area contributed by atoms with Crippen LogP contribution in [0.5, 0.6) is 0 Å². The first-order valence-corrected chi connectivity index (χ1v) is 10.6. The highest BCUT2D eigenvalue weighted by atomic mass is 16.2. The van der Waals surface area contributed by atoms with E-state index in [1.807, 2.05) is 41.3 Å². The Labute approximate surface area is 175 Å². The third-order valence-electron chi connectivity index (χ3n) is 6.94. The average Bonchev–Trinajstić information content (AvgIpc) is 2.74. The minimum absolute atomic E-state index is 0.0586. The molecule has 154 valence electrons. The van der Waals surface area contributed by atoms with Crippen molar-refractivity contribution in [3.8, 4) is 0 Å². The number of carbonyl (C=O) groups is 3. The van der Waals surface area contributed by atoms with Crippen molar-refractivity contribution in [2.75, 3.05) is 18.0 Å². The van der Waals surface area contributed by atoms with Crippen LogP contribution in [0.15, 0.2) is 42.5 Å². The minimum Gasteiger partial charge on any atom is -0.351 e. The smallest absolute Gasteiger partial charge is 0.314 e. The maximum atomic E-state index is 13.4. The molecule has 1 aliphatic carbocycles. The van der Waals surface area contributed by atoms with Crippen molar-refractivity contribution in [2.45, 2.75) is 44.1 Å². The number of hydrogen-bond acceptors (Lipinski definition) is 3. The molecule has 0 radical (unpaired) electrons. The molecular formula is C24H25N3O3. The van der Waals surface area contributed by atoms with Gasteiger partial charge in [0.1, 0.15) is 0 Å². The molecule has 2 aromatic rings. The molecule has 0 saturated carbocycles. The molecule has 5 rings (SSSR count). The number of benzene rings is 2. The van der Waals surface area contributed by atoms with Gasteiger partial charge in [0, 0.05) is 30.8 Å². The first kappa shape index (κ1) is 18.9. The maximum Gasteiger partial charge on any atom is 0.314 e. The highest BCUT2D eigenvalue weighted by molar-refractivity contribution is 6.01. The quantitative estimate of drug-likeness (QED) is 0.794. The van der Waals surface area contributed by atoms with Crippen molar-refractivity contribution >= 4 is 23.4 Å². The van der Waals surface area contributed by atoms with E-state index < -0.39 is 11.6 Å². The lowest BCUT2D eigenvalue weighted by Crippen LogP contribution is -2.59. The van der Waals surface area contributed by atoms with Crippen LogP contribution in [0.25, 0.3) is 0 Å². The second-order valence-electron chi connectivity index (χ2n) is 8.54. The predicted octanol–water partition coefficient (Wildman–Crippen LogP) is 3.16. The van der Waals surface area contributed by atoms with Crippen molar-refractivity contribution < 1.29 is 14.4 Å². The maximum absolute atomic E-state index is 13.4. The highest BCUT2D eigenvalue weighted by Gasteiger charge is 2.48. The largest absolute Gasteiger partial charge is 0.351 e. The Morgan fingerprint density at radius 2 is 1.73 bits per heavy atom. The normalized spacial score (nSPS) is 20.1. The third kappa shape index (κ3) is 2.82. The van der Waals surface area contributed by atoms with E-state index in [-0.39, 0.29) is 11.7 Å². The fourth-order valence-corrected chi connectivity index (χ4v) is 5.48. The summed E-state index contributed by atoms with van der Waals surface area (Å²) in [5.41, 5.74) is 9.87. The van der Waals surface area contributed by atoms with Crippen LogP contribution in [-0.4, -0.2) is 35.7 Å². The van der Waals surface area contributed by atoms with Gasteiger partial charge in [-0.15, -0.1) is 0 Å². The van der Waals surface area contributed by atoms with Crippen LogP contribution in [0.1, 0.15) is 52.7 Å². The molecule has 0 atom stereocenters. The zero-order valence-corrected chi connectivity index (χ0v) is 16.9. The molecule has 0 unspecified atom stereocenters. The number of likely N-dealkylation sites (tertiary alicyclic amines) is 1. The van der Waals surface area contributed by atoms with Crippen molar-refractivity contribution in [2.24, 2.45) is 5.73 Å². The van der Waals surface area contributed by atoms with Crippen LogP contribution in [0.2, 0.25) is 0 Å². The molecular weight excluding hydrogens is 378 g/mol. The molecule has 6 heteroatoms. The lowest BCUT2D eigenvalue weighted by Gasteiger charge is -2.52. The van der Waals surface area contributed by atoms with Gasteiger partial charge >= 0.3 is 6.03 Å². The molecule has 0 bridgehead atoms. The van der Waals surface area contributed by atoms with Gasteiger partial charge in [-0.25, -0.2) is 4.79 Å². The van der Waals surface area contributed by atoms with E-state index in [2.05, 4.69) is 6.07 Å². The van der Waals surface area contributed by atoms with Gasteiger partial charge in [-0.2, -0.15) is 0 Å². The summed E-state index contributed by atoms with van der Waals surface area (Å²) in [7, 11) is 0. The number of carbonyl (C=O) groups excluding carboxylic acids is 3. The lowest BCUT2D eigenvalue weighted by molar-refractivity contribution is -0.120. The monoisotopic (exact) mass is 403 g/mol. The van der Waals surface area contributed by atoms with E-state index in [1.165, 1.54) is 0 Å². The van der Waals surface area contributed by atoms with Gasteiger partial charge < -0.3 is 15.5 Å². The van der Waals surface area contributed by atoms with Gasteiger partial charge in [0.15, 0.2) is 5.78 Å². The predicted molar refractivity (Wildman–Crippen MR) is 113 cm³/mol. The second-order valence-corrected chi connectivity index (χ2v) is 8.54. The summed E-state index contributed by atoms with van der Waals surface area (Å²) in [6, 6.07) is 13.5. The van der Waals surface area contributed by atoms with Gasteiger partial charge in [0.25, 0.3) is 0 Å². The Morgan fingerprint density at radius 3 is 2.50 bits per heavy atom. The zero-order valence-electron chi connectivity index (χ0n) is 16.9. The van der Waals surface area contributed by atoms with E-state index >= 15 is 0 Å². The van der Waals surface area contributed by atoms with E-state index in [0.717, 1.165) is 40.8 Å². The molecule has 1 spiro atoms. The van der Waals surface area contributed by atoms with Crippen LogP contribution < -0.4 is 10.6 Å². The minimum atomic E-state index is -0.509. The summed E-state index contributed by atoms with van der Waals surface area (Å²) < 4.78 is 0. The van der Waals surface area contributed by atoms with Crippen LogP contribution >= 0.6 is 0 Å². The number of amides is 3. The van der Waals surface area contributed by atoms with Gasteiger partial charge in [-0.05, 0) is 60.6 Å². The summed E-state index contributed by atoms with van der Waals surface area (Å²) in [5.74, 6) is 0.242. The molecule has 2 aromatic carbocycles. The Kier molecular flexibility index (Phi) is 4.38. The number of urea groups is 1. The Balaban J connectivity index is 1.62. The number of hydrogen-bond donors (Lipinski definition) is 1. The third-order valence-corrected chi connectivity index (χ3v) is 6.94. The summed E-state index contributed by atoms with van der Waals surface area (Å²) >= 11 is 0. The Hall–Kier alpha value is -3.15. The number of nitrogens with zero attached hydrogens (tertiary/aromatic N) is 2. The van der Waals surface area contributed by atoms with E-state index in [0.29, 0.717) is 38.8 Å². The van der Waals surface area contributed by atoms with Crippen LogP contribution in [0.4, 0.5) is 10.5 Å². The van der Waals surface area contributed by atoms with Gasteiger partial charge in [0.05, 0.1) is 12.0 Å². The molecule has 6 nitrogen and oxygen atoms in total. The summed E-state index contributed by atoms with van der Waals surface area (Å²) in [6.45, 7) is 1.02. The van der Waals surface area contributed by atoms with Crippen LogP contribution in [-0.2, 0) is 23.2 Å². The fourth-order valence-electron chi connectivity index (χ4n) is 5.48. The standard InChI is InChI=1S/C24H25N3O3/c25-23(30)26-12-10-24(11-13-26)20-6-2-1-4-17(20)15-22(29)27(24)18-8-9-19-16(14-18)5-3-7-21(19)28/h1-2,4,6,8-9,14H,3,5,7,10-13,15H2,(H2,25,30). The Bertz CT molecular complexity index is 1050. The topological polar surface area (TPSA) is 83.7 Å². The van der Waals surface area contributed by atoms with Gasteiger partial charge in [0.2, 0.25) is 5.91 Å². The van der Waals surface area contributed by atoms with Gasteiger partial charge in [-0.1, -0.05) is 24.3 Å². The van der Waals surface area contributed by atoms with Crippen molar-refractivity contribution in [3.05, 3.63) is 64.7 Å². The SMILES string of the molecule is NC(=O)N1CCC2(CC1)c1ccccc1CC(=O)N2c1ccc2c(c1)CCCC2=O.